The van der Waals surface area contributed by atoms with E-state index in [-0.39, 0.29) is 17.2 Å². The van der Waals surface area contributed by atoms with Gasteiger partial charge in [-0.3, -0.25) is 4.79 Å². The summed E-state index contributed by atoms with van der Waals surface area (Å²) in [6.45, 7) is 9.80. The Bertz CT molecular complexity index is 190. The van der Waals surface area contributed by atoms with Gasteiger partial charge in [0.15, 0.2) is 0 Å². The van der Waals surface area contributed by atoms with E-state index in [4.69, 9.17) is 5.73 Å². The standard InChI is InChI=1S/C12H26N2O/c1-5-7-12(3,4)9-14-11(15)10(2)6-8-13/h10H,5-9,13H2,1-4H3,(H,14,15). The van der Waals surface area contributed by atoms with Gasteiger partial charge in [0.1, 0.15) is 0 Å². The Morgan fingerprint density at radius 2 is 2.07 bits per heavy atom. The number of rotatable bonds is 7. The number of hydrogen-bond donors (Lipinski definition) is 2. The lowest BCUT2D eigenvalue weighted by atomic mass is 9.88. The number of carbonyl (C=O) groups is 1. The lowest BCUT2D eigenvalue weighted by Gasteiger charge is -2.25. The van der Waals surface area contributed by atoms with E-state index in [0.717, 1.165) is 25.8 Å². The van der Waals surface area contributed by atoms with Crippen LogP contribution in [0.4, 0.5) is 0 Å². The minimum Gasteiger partial charge on any atom is -0.355 e. The van der Waals surface area contributed by atoms with Crippen molar-refractivity contribution in [1.29, 1.82) is 0 Å². The molecule has 0 saturated heterocycles. The molecule has 0 radical (unpaired) electrons. The van der Waals surface area contributed by atoms with Crippen LogP contribution in [0.3, 0.4) is 0 Å². The van der Waals surface area contributed by atoms with Crippen LogP contribution in [0.15, 0.2) is 0 Å². The average molecular weight is 214 g/mol. The van der Waals surface area contributed by atoms with Crippen LogP contribution in [0.2, 0.25) is 0 Å². The highest BCUT2D eigenvalue weighted by molar-refractivity contribution is 5.78. The molecule has 0 fully saturated rings. The van der Waals surface area contributed by atoms with Crippen LogP contribution in [-0.4, -0.2) is 19.0 Å². The third-order valence-electron chi connectivity index (χ3n) is 2.72. The topological polar surface area (TPSA) is 55.1 Å². The summed E-state index contributed by atoms with van der Waals surface area (Å²) < 4.78 is 0. The van der Waals surface area contributed by atoms with Crippen molar-refractivity contribution in [3.63, 3.8) is 0 Å². The molecule has 0 aromatic carbocycles. The van der Waals surface area contributed by atoms with Crippen LogP contribution < -0.4 is 11.1 Å². The van der Waals surface area contributed by atoms with Gasteiger partial charge in [0, 0.05) is 12.5 Å². The van der Waals surface area contributed by atoms with Crippen molar-refractivity contribution in [1.82, 2.24) is 5.32 Å². The van der Waals surface area contributed by atoms with Gasteiger partial charge in [-0.05, 0) is 24.8 Å². The number of carbonyl (C=O) groups excluding carboxylic acids is 1. The molecule has 0 aliphatic heterocycles. The summed E-state index contributed by atoms with van der Waals surface area (Å²) >= 11 is 0. The van der Waals surface area contributed by atoms with Gasteiger partial charge in [0.25, 0.3) is 0 Å². The first-order valence-electron chi connectivity index (χ1n) is 5.90. The number of nitrogens with two attached hydrogens (primary N) is 1. The molecule has 0 rings (SSSR count). The molecule has 1 unspecified atom stereocenters. The van der Waals surface area contributed by atoms with Crippen molar-refractivity contribution in [3.05, 3.63) is 0 Å². The summed E-state index contributed by atoms with van der Waals surface area (Å²) in [5.74, 6) is 0.164. The molecule has 0 heterocycles. The quantitative estimate of drug-likeness (QED) is 0.680. The third-order valence-corrected chi connectivity index (χ3v) is 2.72. The molecule has 0 spiro atoms. The molecule has 1 atom stereocenters. The SMILES string of the molecule is CCCC(C)(C)CNC(=O)C(C)CCN. The molecule has 1 amide bonds. The lowest BCUT2D eigenvalue weighted by molar-refractivity contribution is -0.125. The molecule has 3 heteroatoms. The lowest BCUT2D eigenvalue weighted by Crippen LogP contribution is -2.37. The zero-order chi connectivity index (χ0) is 11.9. The highest BCUT2D eigenvalue weighted by atomic mass is 16.1. The third kappa shape index (κ3) is 6.50. The van der Waals surface area contributed by atoms with Crippen molar-refractivity contribution in [2.45, 2.75) is 47.0 Å². The average Bonchev–Trinajstić information content (AvgIpc) is 2.14. The fourth-order valence-corrected chi connectivity index (χ4v) is 1.65. The molecule has 0 saturated carbocycles. The molecule has 0 aliphatic carbocycles. The van der Waals surface area contributed by atoms with Crippen LogP contribution in [0.25, 0.3) is 0 Å². The van der Waals surface area contributed by atoms with Gasteiger partial charge < -0.3 is 11.1 Å². The maximum atomic E-state index is 11.6. The molecule has 0 aliphatic rings. The Kier molecular flexibility index (Phi) is 6.57. The van der Waals surface area contributed by atoms with E-state index < -0.39 is 0 Å². The van der Waals surface area contributed by atoms with Crippen LogP contribution in [0.1, 0.15) is 47.0 Å². The van der Waals surface area contributed by atoms with E-state index in [2.05, 4.69) is 26.1 Å². The summed E-state index contributed by atoms with van der Waals surface area (Å²) in [7, 11) is 0. The van der Waals surface area contributed by atoms with Gasteiger partial charge in [-0.25, -0.2) is 0 Å². The predicted molar refractivity (Wildman–Crippen MR) is 64.5 cm³/mol. The van der Waals surface area contributed by atoms with Crippen LogP contribution in [0, 0.1) is 11.3 Å². The zero-order valence-electron chi connectivity index (χ0n) is 10.6. The minimum atomic E-state index is 0.0347. The van der Waals surface area contributed by atoms with Crippen molar-refractivity contribution in [2.75, 3.05) is 13.1 Å². The van der Waals surface area contributed by atoms with Crippen LogP contribution in [0.5, 0.6) is 0 Å². The molecule has 90 valence electrons. The Balaban J connectivity index is 3.88. The van der Waals surface area contributed by atoms with Crippen LogP contribution in [-0.2, 0) is 4.79 Å². The Morgan fingerprint density at radius 1 is 1.47 bits per heavy atom. The molecule has 0 aromatic rings. The summed E-state index contributed by atoms with van der Waals surface area (Å²) in [6.07, 6.45) is 3.06. The van der Waals surface area contributed by atoms with E-state index in [1.165, 1.54) is 0 Å². The predicted octanol–water partition coefficient (Wildman–Crippen LogP) is 1.91. The summed E-state index contributed by atoms with van der Waals surface area (Å²) in [6, 6.07) is 0. The monoisotopic (exact) mass is 214 g/mol. The summed E-state index contributed by atoms with van der Waals surface area (Å²) in [5.41, 5.74) is 5.62. The van der Waals surface area contributed by atoms with Gasteiger partial charge in [-0.2, -0.15) is 0 Å². The first-order chi connectivity index (χ1) is 6.93. The number of nitrogens with one attached hydrogen (secondary N) is 1. The first kappa shape index (κ1) is 14.4. The Labute approximate surface area is 93.8 Å². The minimum absolute atomic E-state index is 0.0347. The zero-order valence-corrected chi connectivity index (χ0v) is 10.6. The second kappa shape index (κ2) is 6.83. The van der Waals surface area contributed by atoms with Crippen molar-refractivity contribution in [3.8, 4) is 0 Å². The first-order valence-corrected chi connectivity index (χ1v) is 5.90. The van der Waals surface area contributed by atoms with E-state index in [1.54, 1.807) is 0 Å². The second-order valence-corrected chi connectivity index (χ2v) is 5.11. The van der Waals surface area contributed by atoms with Crippen molar-refractivity contribution in [2.24, 2.45) is 17.1 Å². The van der Waals surface area contributed by atoms with Gasteiger partial charge >= 0.3 is 0 Å². The summed E-state index contributed by atoms with van der Waals surface area (Å²) in [5, 5.41) is 3.00. The van der Waals surface area contributed by atoms with E-state index in [1.807, 2.05) is 6.92 Å². The molecule has 0 bridgehead atoms. The van der Waals surface area contributed by atoms with Crippen molar-refractivity contribution >= 4 is 5.91 Å². The fourth-order valence-electron chi connectivity index (χ4n) is 1.65. The van der Waals surface area contributed by atoms with Gasteiger partial charge in [-0.15, -0.1) is 0 Å². The van der Waals surface area contributed by atoms with Gasteiger partial charge in [0.2, 0.25) is 5.91 Å². The molecule has 15 heavy (non-hydrogen) atoms. The highest BCUT2D eigenvalue weighted by Crippen LogP contribution is 2.20. The van der Waals surface area contributed by atoms with E-state index in [9.17, 15) is 4.79 Å². The van der Waals surface area contributed by atoms with Crippen LogP contribution >= 0.6 is 0 Å². The second-order valence-electron chi connectivity index (χ2n) is 5.11. The normalized spacial score (nSPS) is 13.7. The Hall–Kier alpha value is -0.570. The number of hydrogen-bond acceptors (Lipinski definition) is 2. The summed E-state index contributed by atoms with van der Waals surface area (Å²) in [4.78, 5) is 11.6. The molecule has 3 N–H and O–H groups in total. The molecule has 3 nitrogen and oxygen atoms in total. The van der Waals surface area contributed by atoms with E-state index in [0.29, 0.717) is 6.54 Å². The van der Waals surface area contributed by atoms with Crippen molar-refractivity contribution < 1.29 is 4.79 Å². The number of amides is 1. The van der Waals surface area contributed by atoms with Gasteiger partial charge in [0.05, 0.1) is 0 Å². The highest BCUT2D eigenvalue weighted by Gasteiger charge is 2.19. The molecular formula is C12H26N2O. The van der Waals surface area contributed by atoms with E-state index >= 15 is 0 Å². The molecular weight excluding hydrogens is 188 g/mol. The smallest absolute Gasteiger partial charge is 0.222 e. The molecule has 0 aromatic heterocycles. The fraction of sp³-hybridized carbons (Fsp3) is 0.917. The maximum Gasteiger partial charge on any atom is 0.222 e. The van der Waals surface area contributed by atoms with Gasteiger partial charge in [-0.1, -0.05) is 34.1 Å². The Morgan fingerprint density at radius 3 is 2.53 bits per heavy atom. The largest absolute Gasteiger partial charge is 0.355 e. The maximum absolute atomic E-state index is 11.6.